The largest absolute Gasteiger partial charge is 0.471 e. The highest BCUT2D eigenvalue weighted by Gasteiger charge is 2.19. The summed E-state index contributed by atoms with van der Waals surface area (Å²) in [4.78, 5) is 10.9. The number of anilines is 1. The van der Waals surface area contributed by atoms with Gasteiger partial charge in [-0.15, -0.1) is 0 Å². The van der Waals surface area contributed by atoms with Crippen LogP contribution in [0.5, 0.6) is 5.75 Å². The van der Waals surface area contributed by atoms with Gasteiger partial charge in [0.05, 0.1) is 28.8 Å². The number of ether oxygens (including phenoxy) is 2. The number of nitrogens with two attached hydrogens (primary N) is 1. The fraction of sp³-hybridized carbons (Fsp3) is 0.261. The first-order valence-corrected chi connectivity index (χ1v) is 11.3. The number of morpholine rings is 1. The van der Waals surface area contributed by atoms with Crippen LogP contribution in [0, 0.1) is 6.92 Å². The molecule has 1 aliphatic heterocycles. The summed E-state index contributed by atoms with van der Waals surface area (Å²) in [5.74, 6) is 1.54. The van der Waals surface area contributed by atoms with Crippen LogP contribution in [0.1, 0.15) is 17.4 Å². The topological polar surface area (TPSA) is 102 Å². The number of nitrogens with one attached hydrogen (secondary N) is 1. The molecule has 0 spiro atoms. The third-order valence-electron chi connectivity index (χ3n) is 5.61. The highest BCUT2D eigenvalue weighted by molar-refractivity contribution is 6.35. The number of halogens is 2. The zero-order valence-electron chi connectivity index (χ0n) is 17.9. The first-order chi connectivity index (χ1) is 16.0. The number of H-pyrrole nitrogens is 1. The quantitative estimate of drug-likeness (QED) is 0.401. The summed E-state index contributed by atoms with van der Waals surface area (Å²) in [7, 11) is 0. The van der Waals surface area contributed by atoms with Crippen LogP contribution < -0.4 is 15.4 Å². The second-order valence-corrected chi connectivity index (χ2v) is 8.61. The maximum Gasteiger partial charge on any atom is 0.177 e. The average molecular weight is 485 g/mol. The number of aromatic nitrogens is 4. The minimum Gasteiger partial charge on any atom is -0.471 e. The van der Waals surface area contributed by atoms with Crippen molar-refractivity contribution >= 4 is 39.9 Å². The lowest BCUT2D eigenvalue weighted by Crippen LogP contribution is -2.37. The maximum atomic E-state index is 6.24. The Morgan fingerprint density at radius 1 is 1.12 bits per heavy atom. The molecule has 10 heteroatoms. The van der Waals surface area contributed by atoms with Crippen molar-refractivity contribution in [2.24, 2.45) is 5.73 Å². The maximum absolute atomic E-state index is 6.24. The molecule has 5 rings (SSSR count). The molecule has 170 valence electrons. The van der Waals surface area contributed by atoms with Crippen LogP contribution in [-0.2, 0) is 4.74 Å². The van der Waals surface area contributed by atoms with E-state index in [0.717, 1.165) is 46.6 Å². The fourth-order valence-corrected chi connectivity index (χ4v) is 4.57. The van der Waals surface area contributed by atoms with E-state index in [1.807, 2.05) is 24.4 Å². The molecule has 0 aliphatic carbocycles. The van der Waals surface area contributed by atoms with E-state index in [9.17, 15) is 0 Å². The molecular formula is C23H22Cl2N6O2. The molecule has 3 aromatic heterocycles. The second kappa shape index (κ2) is 9.15. The molecule has 0 saturated carbocycles. The molecule has 8 nitrogen and oxygen atoms in total. The molecule has 4 aromatic rings. The Hall–Kier alpha value is -2.91. The van der Waals surface area contributed by atoms with E-state index in [2.05, 4.69) is 33.1 Å². The van der Waals surface area contributed by atoms with Crippen molar-refractivity contribution in [3.63, 3.8) is 0 Å². The van der Waals surface area contributed by atoms with Gasteiger partial charge >= 0.3 is 0 Å². The summed E-state index contributed by atoms with van der Waals surface area (Å²) in [6, 6.07) is 7.70. The smallest absolute Gasteiger partial charge is 0.177 e. The number of aromatic amines is 1. The van der Waals surface area contributed by atoms with Gasteiger partial charge in [-0.1, -0.05) is 23.2 Å². The zero-order valence-corrected chi connectivity index (χ0v) is 19.4. The van der Waals surface area contributed by atoms with Gasteiger partial charge in [-0.3, -0.25) is 15.8 Å². The summed E-state index contributed by atoms with van der Waals surface area (Å²) < 4.78 is 11.4. The Morgan fingerprint density at radius 2 is 1.88 bits per heavy atom. The van der Waals surface area contributed by atoms with Gasteiger partial charge in [0.2, 0.25) is 0 Å². The molecule has 0 radical (unpaired) electrons. The van der Waals surface area contributed by atoms with E-state index >= 15 is 0 Å². The van der Waals surface area contributed by atoms with Crippen LogP contribution in [0.3, 0.4) is 0 Å². The molecule has 0 unspecified atom stereocenters. The minimum absolute atomic E-state index is 0.349. The number of pyridine rings is 2. The number of hydrogen-bond donors (Lipinski definition) is 2. The van der Waals surface area contributed by atoms with Crippen molar-refractivity contribution in [1.29, 1.82) is 0 Å². The van der Waals surface area contributed by atoms with Crippen molar-refractivity contribution in [3.05, 3.63) is 64.0 Å². The third kappa shape index (κ3) is 4.35. The monoisotopic (exact) mass is 484 g/mol. The first kappa shape index (κ1) is 21.9. The highest BCUT2D eigenvalue weighted by Crippen LogP contribution is 2.34. The van der Waals surface area contributed by atoms with Gasteiger partial charge < -0.3 is 14.4 Å². The van der Waals surface area contributed by atoms with Crippen LogP contribution in [0.4, 0.5) is 5.82 Å². The lowest BCUT2D eigenvalue weighted by molar-refractivity contribution is 0.122. The summed E-state index contributed by atoms with van der Waals surface area (Å²) in [5, 5.41) is 9.19. The van der Waals surface area contributed by atoms with Crippen molar-refractivity contribution in [2.75, 3.05) is 31.2 Å². The van der Waals surface area contributed by atoms with E-state index in [0.29, 0.717) is 34.6 Å². The highest BCUT2D eigenvalue weighted by atomic mass is 35.5. The molecule has 4 heterocycles. The van der Waals surface area contributed by atoms with Crippen molar-refractivity contribution in [3.8, 4) is 17.0 Å². The van der Waals surface area contributed by atoms with Crippen molar-refractivity contribution in [1.82, 2.24) is 20.2 Å². The normalized spacial score (nSPS) is 15.1. The molecule has 33 heavy (non-hydrogen) atoms. The van der Waals surface area contributed by atoms with Crippen LogP contribution in [0.25, 0.3) is 22.2 Å². The first-order valence-electron chi connectivity index (χ1n) is 10.5. The zero-order chi connectivity index (χ0) is 22.9. The number of benzene rings is 1. The predicted molar refractivity (Wildman–Crippen MR) is 129 cm³/mol. The fourth-order valence-electron chi connectivity index (χ4n) is 3.99. The SMILES string of the molecule is Cc1cc(-c2n[nH]c3ccc(O[C@H](N)c4c(Cl)cncc4Cl)cc23)cnc1N1CCOCC1. The van der Waals surface area contributed by atoms with E-state index in [1.54, 1.807) is 0 Å². The predicted octanol–water partition coefficient (Wildman–Crippen LogP) is 4.51. The van der Waals surface area contributed by atoms with Gasteiger partial charge in [-0.2, -0.15) is 5.10 Å². The van der Waals surface area contributed by atoms with E-state index in [4.69, 9.17) is 43.4 Å². The van der Waals surface area contributed by atoms with Gasteiger partial charge in [0.1, 0.15) is 17.3 Å². The Balaban J connectivity index is 1.44. The summed E-state index contributed by atoms with van der Waals surface area (Å²) in [5.41, 5.74) is 10.4. The summed E-state index contributed by atoms with van der Waals surface area (Å²) >= 11 is 12.4. The number of aryl methyl sites for hydroxylation is 1. The van der Waals surface area contributed by atoms with Gasteiger partial charge in [0.15, 0.2) is 6.23 Å². The summed E-state index contributed by atoms with van der Waals surface area (Å²) in [6.45, 7) is 5.17. The Kier molecular flexibility index (Phi) is 6.07. The van der Waals surface area contributed by atoms with Gasteiger partial charge in [0, 0.05) is 48.2 Å². The molecule has 1 saturated heterocycles. The van der Waals surface area contributed by atoms with Crippen molar-refractivity contribution < 1.29 is 9.47 Å². The Labute approximate surface area is 200 Å². The van der Waals surface area contributed by atoms with Crippen molar-refractivity contribution in [2.45, 2.75) is 13.2 Å². The average Bonchev–Trinajstić information content (AvgIpc) is 3.23. The Morgan fingerprint density at radius 3 is 2.61 bits per heavy atom. The molecular weight excluding hydrogens is 463 g/mol. The standard InChI is InChI=1S/C23H22Cl2N6O2/c1-13-8-14(10-28-23(13)31-4-6-32-7-5-31)21-16-9-15(2-3-19(16)29-30-21)33-22(26)20-17(24)11-27-12-18(20)25/h2-3,8-12,22H,4-7,26H2,1H3,(H,29,30)/t22-/m0/s1. The van der Waals surface area contributed by atoms with Crippen LogP contribution >= 0.6 is 23.2 Å². The van der Waals surface area contributed by atoms with Gasteiger partial charge in [0.25, 0.3) is 0 Å². The van der Waals surface area contributed by atoms with E-state index in [1.165, 1.54) is 12.4 Å². The lowest BCUT2D eigenvalue weighted by atomic mass is 10.1. The van der Waals surface area contributed by atoms with Crippen LogP contribution in [0.15, 0.2) is 42.9 Å². The second-order valence-electron chi connectivity index (χ2n) is 7.80. The molecule has 1 aliphatic rings. The molecule has 3 N–H and O–H groups in total. The van der Waals surface area contributed by atoms with E-state index in [-0.39, 0.29) is 0 Å². The third-order valence-corrected chi connectivity index (χ3v) is 6.21. The molecule has 1 fully saturated rings. The number of hydrogen-bond acceptors (Lipinski definition) is 7. The molecule has 1 atom stereocenters. The van der Waals surface area contributed by atoms with Crippen LogP contribution in [-0.4, -0.2) is 46.5 Å². The number of nitrogens with zero attached hydrogens (tertiary/aromatic N) is 4. The lowest BCUT2D eigenvalue weighted by Gasteiger charge is -2.29. The van der Waals surface area contributed by atoms with E-state index < -0.39 is 6.23 Å². The molecule has 1 aromatic carbocycles. The summed E-state index contributed by atoms with van der Waals surface area (Å²) in [6.07, 6.45) is 3.97. The van der Waals surface area contributed by atoms with Crippen LogP contribution in [0.2, 0.25) is 10.0 Å². The minimum atomic E-state index is -0.850. The molecule has 0 bridgehead atoms. The number of rotatable bonds is 5. The van der Waals surface area contributed by atoms with Gasteiger partial charge in [-0.25, -0.2) is 4.98 Å². The number of fused-ring (bicyclic) bond motifs is 1. The Bertz CT molecular complexity index is 1290. The van der Waals surface area contributed by atoms with Gasteiger partial charge in [-0.05, 0) is 36.8 Å². The molecule has 0 amide bonds.